The Morgan fingerprint density at radius 3 is 2.89 bits per heavy atom. The van der Waals surface area contributed by atoms with Crippen molar-refractivity contribution in [3.63, 3.8) is 0 Å². The number of aromatic nitrogens is 4. The summed E-state index contributed by atoms with van der Waals surface area (Å²) in [7, 11) is 0. The molecule has 0 aliphatic heterocycles. The van der Waals surface area contributed by atoms with Gasteiger partial charge in [-0.15, -0.1) is 0 Å². The molecule has 1 aliphatic carbocycles. The van der Waals surface area contributed by atoms with Gasteiger partial charge in [0, 0.05) is 24.5 Å². The number of nitrogens with zero attached hydrogens (tertiary/aromatic N) is 4. The molecular formula is C14H14N4O. The van der Waals surface area contributed by atoms with E-state index >= 15 is 0 Å². The number of fused-ring (bicyclic) bond motifs is 3. The minimum Gasteiger partial charge on any atom is -0.312 e. The van der Waals surface area contributed by atoms with Crippen molar-refractivity contribution in [3.05, 3.63) is 41.1 Å². The molecule has 1 aliphatic rings. The van der Waals surface area contributed by atoms with E-state index in [4.69, 9.17) is 0 Å². The van der Waals surface area contributed by atoms with E-state index in [-0.39, 0.29) is 5.56 Å². The molecule has 0 bridgehead atoms. The predicted octanol–water partition coefficient (Wildman–Crippen LogP) is 2.16. The summed E-state index contributed by atoms with van der Waals surface area (Å²) in [6, 6.07) is 4.16. The first-order chi connectivity index (χ1) is 9.34. The second-order valence-electron chi connectivity index (χ2n) is 5.12. The van der Waals surface area contributed by atoms with Crippen molar-refractivity contribution in [1.29, 1.82) is 0 Å². The highest BCUT2D eigenvalue weighted by Gasteiger charge is 2.19. The van der Waals surface area contributed by atoms with Crippen LogP contribution in [0.5, 0.6) is 0 Å². The highest BCUT2D eigenvalue weighted by molar-refractivity contribution is 5.79. The van der Waals surface area contributed by atoms with Crippen molar-refractivity contribution in [3.8, 4) is 0 Å². The molecule has 19 heavy (non-hydrogen) atoms. The summed E-state index contributed by atoms with van der Waals surface area (Å²) in [5.41, 5.74) is 1.65. The van der Waals surface area contributed by atoms with Crippen LogP contribution in [0, 0.1) is 0 Å². The molecule has 1 fully saturated rings. The molecule has 5 nitrogen and oxygen atoms in total. The summed E-state index contributed by atoms with van der Waals surface area (Å²) in [4.78, 5) is 16.8. The second-order valence-corrected chi connectivity index (χ2v) is 5.12. The third-order valence-corrected chi connectivity index (χ3v) is 4.03. The maximum absolute atomic E-state index is 12.6. The van der Waals surface area contributed by atoms with Crippen molar-refractivity contribution < 1.29 is 0 Å². The fourth-order valence-electron chi connectivity index (χ4n) is 3.04. The largest absolute Gasteiger partial charge is 0.312 e. The Kier molecular flexibility index (Phi) is 2.21. The molecule has 0 saturated heterocycles. The zero-order valence-corrected chi connectivity index (χ0v) is 10.5. The maximum Gasteiger partial charge on any atom is 0.261 e. The lowest BCUT2D eigenvalue weighted by atomic mass is 10.2. The van der Waals surface area contributed by atoms with Gasteiger partial charge in [-0.25, -0.2) is 9.50 Å². The molecule has 0 radical (unpaired) electrons. The van der Waals surface area contributed by atoms with E-state index in [0.717, 1.165) is 24.0 Å². The molecule has 3 aromatic heterocycles. The molecule has 4 rings (SSSR count). The van der Waals surface area contributed by atoms with Crippen molar-refractivity contribution in [2.75, 3.05) is 0 Å². The van der Waals surface area contributed by atoms with E-state index < -0.39 is 0 Å². The van der Waals surface area contributed by atoms with Gasteiger partial charge in [-0.3, -0.25) is 4.79 Å². The van der Waals surface area contributed by atoms with Crippen molar-refractivity contribution in [2.24, 2.45) is 0 Å². The second kappa shape index (κ2) is 3.91. The SMILES string of the molecule is O=c1c2cnc3ccnn3c2ccn1C1CCCC1. The Morgan fingerprint density at radius 1 is 1.21 bits per heavy atom. The summed E-state index contributed by atoms with van der Waals surface area (Å²) in [5, 5.41) is 4.87. The van der Waals surface area contributed by atoms with E-state index in [9.17, 15) is 4.79 Å². The summed E-state index contributed by atoms with van der Waals surface area (Å²) in [5.74, 6) is 0. The number of pyridine rings is 1. The quantitative estimate of drug-likeness (QED) is 0.668. The van der Waals surface area contributed by atoms with Gasteiger partial charge in [0.05, 0.1) is 17.1 Å². The van der Waals surface area contributed by atoms with Crippen LogP contribution in [0.1, 0.15) is 31.7 Å². The van der Waals surface area contributed by atoms with Crippen LogP contribution >= 0.6 is 0 Å². The van der Waals surface area contributed by atoms with Gasteiger partial charge in [0.15, 0.2) is 5.65 Å². The Bertz CT molecular complexity index is 811. The molecule has 0 aromatic carbocycles. The average molecular weight is 254 g/mol. The van der Waals surface area contributed by atoms with Gasteiger partial charge in [-0.05, 0) is 18.9 Å². The topological polar surface area (TPSA) is 52.2 Å². The van der Waals surface area contributed by atoms with E-state index in [0.29, 0.717) is 11.4 Å². The summed E-state index contributed by atoms with van der Waals surface area (Å²) < 4.78 is 3.59. The summed E-state index contributed by atoms with van der Waals surface area (Å²) >= 11 is 0. The highest BCUT2D eigenvalue weighted by atomic mass is 16.1. The van der Waals surface area contributed by atoms with Gasteiger partial charge in [0.2, 0.25) is 0 Å². The monoisotopic (exact) mass is 254 g/mol. The van der Waals surface area contributed by atoms with E-state index in [1.54, 1.807) is 16.9 Å². The predicted molar refractivity (Wildman–Crippen MR) is 72.3 cm³/mol. The normalized spacial score (nSPS) is 16.6. The lowest BCUT2D eigenvalue weighted by Crippen LogP contribution is -2.23. The van der Waals surface area contributed by atoms with Gasteiger partial charge >= 0.3 is 0 Å². The molecular weight excluding hydrogens is 240 g/mol. The van der Waals surface area contributed by atoms with Gasteiger partial charge in [-0.1, -0.05) is 12.8 Å². The molecule has 0 spiro atoms. The number of hydrogen-bond acceptors (Lipinski definition) is 3. The molecule has 96 valence electrons. The first-order valence-corrected chi connectivity index (χ1v) is 6.68. The zero-order valence-electron chi connectivity index (χ0n) is 10.5. The number of hydrogen-bond donors (Lipinski definition) is 0. The fraction of sp³-hybridized carbons (Fsp3) is 0.357. The Morgan fingerprint density at radius 2 is 2.05 bits per heavy atom. The zero-order chi connectivity index (χ0) is 12.8. The Balaban J connectivity index is 2.02. The Labute approximate surface area is 109 Å². The molecule has 0 amide bonds. The van der Waals surface area contributed by atoms with Crippen molar-refractivity contribution >= 4 is 16.6 Å². The van der Waals surface area contributed by atoms with Crippen molar-refractivity contribution in [2.45, 2.75) is 31.7 Å². The van der Waals surface area contributed by atoms with E-state index in [1.165, 1.54) is 12.8 Å². The number of rotatable bonds is 1. The van der Waals surface area contributed by atoms with Crippen LogP contribution in [0.3, 0.4) is 0 Å². The van der Waals surface area contributed by atoms with Gasteiger partial charge in [-0.2, -0.15) is 5.10 Å². The van der Waals surface area contributed by atoms with Gasteiger partial charge in [0.25, 0.3) is 5.56 Å². The van der Waals surface area contributed by atoms with Crippen LogP contribution < -0.4 is 5.56 Å². The molecule has 0 unspecified atom stereocenters. The van der Waals surface area contributed by atoms with Crippen LogP contribution in [-0.4, -0.2) is 19.2 Å². The minimum absolute atomic E-state index is 0.0503. The first-order valence-electron chi connectivity index (χ1n) is 6.68. The van der Waals surface area contributed by atoms with Crippen LogP contribution in [0.2, 0.25) is 0 Å². The molecule has 0 N–H and O–H groups in total. The molecule has 5 heteroatoms. The van der Waals surface area contributed by atoms with E-state index in [2.05, 4.69) is 10.1 Å². The Hall–Kier alpha value is -2.17. The molecule has 1 saturated carbocycles. The van der Waals surface area contributed by atoms with Crippen LogP contribution in [0.15, 0.2) is 35.5 Å². The third-order valence-electron chi connectivity index (χ3n) is 4.03. The maximum atomic E-state index is 12.6. The van der Waals surface area contributed by atoms with Gasteiger partial charge in [0.1, 0.15) is 0 Å². The fourth-order valence-corrected chi connectivity index (χ4v) is 3.04. The molecule has 3 heterocycles. The standard InChI is InChI=1S/C14H14N4O/c19-14-11-9-15-13-5-7-16-18(13)12(11)6-8-17(14)10-3-1-2-4-10/h5-10H,1-4H2. The molecule has 3 aromatic rings. The van der Waals surface area contributed by atoms with Crippen LogP contribution in [0.4, 0.5) is 0 Å². The molecule has 0 atom stereocenters. The van der Waals surface area contributed by atoms with Crippen molar-refractivity contribution in [1.82, 2.24) is 19.2 Å². The average Bonchev–Trinajstić information content (AvgIpc) is 3.10. The van der Waals surface area contributed by atoms with Crippen LogP contribution in [0.25, 0.3) is 16.6 Å². The smallest absolute Gasteiger partial charge is 0.261 e. The van der Waals surface area contributed by atoms with Gasteiger partial charge < -0.3 is 4.57 Å². The summed E-state index contributed by atoms with van der Waals surface area (Å²) in [6.45, 7) is 0. The lowest BCUT2D eigenvalue weighted by Gasteiger charge is -2.14. The first kappa shape index (κ1) is 10.7. The minimum atomic E-state index is 0.0503. The lowest BCUT2D eigenvalue weighted by molar-refractivity contribution is 0.505. The third kappa shape index (κ3) is 1.51. The summed E-state index contributed by atoms with van der Waals surface area (Å²) in [6.07, 6.45) is 9.90. The van der Waals surface area contributed by atoms with Crippen LogP contribution in [-0.2, 0) is 0 Å². The van der Waals surface area contributed by atoms with E-state index in [1.807, 2.05) is 22.9 Å². The highest BCUT2D eigenvalue weighted by Crippen LogP contribution is 2.28.